The zero-order valence-electron chi connectivity index (χ0n) is 16.3. The van der Waals surface area contributed by atoms with Crippen molar-refractivity contribution in [2.45, 2.75) is 44.1 Å². The quantitative estimate of drug-likeness (QED) is 0.458. The van der Waals surface area contributed by atoms with E-state index < -0.39 is 40.6 Å². The molecule has 0 atom stereocenters. The SMILES string of the molecule is CC(C)(C)OC(=O)Nc1ccc(C(c2ccc(N)cc2)(C(F)(F)F)C(F)(F)F)cc1. The summed E-state index contributed by atoms with van der Waals surface area (Å²) in [6.45, 7) is 4.80. The fourth-order valence-electron chi connectivity index (χ4n) is 2.94. The van der Waals surface area contributed by atoms with Gasteiger partial charge in [0.25, 0.3) is 0 Å². The van der Waals surface area contributed by atoms with Crippen LogP contribution < -0.4 is 11.1 Å². The van der Waals surface area contributed by atoms with E-state index in [9.17, 15) is 31.1 Å². The van der Waals surface area contributed by atoms with E-state index in [-0.39, 0.29) is 11.4 Å². The molecule has 30 heavy (non-hydrogen) atoms. The summed E-state index contributed by atoms with van der Waals surface area (Å²) >= 11 is 0. The van der Waals surface area contributed by atoms with Crippen molar-refractivity contribution in [1.82, 2.24) is 0 Å². The topological polar surface area (TPSA) is 64.3 Å². The molecule has 0 bridgehead atoms. The Morgan fingerprint density at radius 2 is 1.20 bits per heavy atom. The Morgan fingerprint density at radius 3 is 1.57 bits per heavy atom. The molecule has 4 nitrogen and oxygen atoms in total. The van der Waals surface area contributed by atoms with E-state index in [2.05, 4.69) is 5.32 Å². The van der Waals surface area contributed by atoms with Crippen LogP contribution in [0.1, 0.15) is 31.9 Å². The molecule has 2 rings (SSSR count). The average Bonchev–Trinajstić information content (AvgIpc) is 2.54. The third-order valence-electron chi connectivity index (χ3n) is 4.16. The molecular weight excluding hydrogens is 414 g/mol. The molecule has 0 aliphatic heterocycles. The summed E-state index contributed by atoms with van der Waals surface area (Å²) in [4.78, 5) is 11.8. The Kier molecular flexibility index (Phi) is 6.02. The highest BCUT2D eigenvalue weighted by Gasteiger charge is 2.72. The van der Waals surface area contributed by atoms with Gasteiger partial charge in [0.05, 0.1) is 0 Å². The van der Waals surface area contributed by atoms with Crippen molar-refractivity contribution in [1.29, 1.82) is 0 Å². The predicted octanol–water partition coefficient (Wildman–Crippen LogP) is 6.03. The van der Waals surface area contributed by atoms with Crippen LogP contribution in [-0.2, 0) is 10.2 Å². The Morgan fingerprint density at radius 1 is 0.800 bits per heavy atom. The minimum atomic E-state index is -5.71. The molecule has 164 valence electrons. The van der Waals surface area contributed by atoms with Gasteiger partial charge in [-0.2, -0.15) is 26.3 Å². The van der Waals surface area contributed by atoms with Crippen LogP contribution in [0.3, 0.4) is 0 Å². The maximum absolute atomic E-state index is 14.0. The molecular formula is C20H20F6N2O2. The third-order valence-corrected chi connectivity index (χ3v) is 4.16. The molecule has 0 fully saturated rings. The lowest BCUT2D eigenvalue weighted by Crippen LogP contribution is -2.54. The van der Waals surface area contributed by atoms with Gasteiger partial charge in [0.15, 0.2) is 0 Å². The van der Waals surface area contributed by atoms with Gasteiger partial charge in [0.1, 0.15) is 5.60 Å². The van der Waals surface area contributed by atoms with E-state index >= 15 is 0 Å². The van der Waals surface area contributed by atoms with Crippen LogP contribution in [0.4, 0.5) is 42.5 Å². The van der Waals surface area contributed by atoms with Crippen molar-refractivity contribution >= 4 is 17.5 Å². The Labute approximate surface area is 169 Å². The molecule has 0 saturated carbocycles. The van der Waals surface area contributed by atoms with Crippen LogP contribution >= 0.6 is 0 Å². The maximum Gasteiger partial charge on any atom is 0.412 e. The largest absolute Gasteiger partial charge is 0.444 e. The first kappa shape index (κ1) is 23.4. The van der Waals surface area contributed by atoms with Crippen molar-refractivity contribution in [2.24, 2.45) is 0 Å². The van der Waals surface area contributed by atoms with Gasteiger partial charge in [-0.05, 0) is 56.2 Å². The molecule has 0 aliphatic rings. The molecule has 0 aromatic heterocycles. The minimum absolute atomic E-state index is 0.0221. The molecule has 0 heterocycles. The first-order valence-corrected chi connectivity index (χ1v) is 8.68. The normalized spacial score (nSPS) is 13.1. The van der Waals surface area contributed by atoms with Crippen LogP contribution in [0.2, 0.25) is 0 Å². The first-order valence-electron chi connectivity index (χ1n) is 8.68. The summed E-state index contributed by atoms with van der Waals surface area (Å²) in [6.07, 6.45) is -12.3. The highest BCUT2D eigenvalue weighted by atomic mass is 19.4. The fraction of sp³-hybridized carbons (Fsp3) is 0.350. The monoisotopic (exact) mass is 434 g/mol. The molecule has 0 spiro atoms. The second-order valence-corrected chi connectivity index (χ2v) is 7.57. The number of amides is 1. The van der Waals surface area contributed by atoms with Gasteiger partial charge >= 0.3 is 18.4 Å². The molecule has 10 heteroatoms. The smallest absolute Gasteiger partial charge is 0.412 e. The number of ether oxygens (including phenoxy) is 1. The Hall–Kier alpha value is -2.91. The summed E-state index contributed by atoms with van der Waals surface area (Å²) in [6, 6.07) is 6.58. The van der Waals surface area contributed by atoms with Crippen molar-refractivity contribution in [3.63, 3.8) is 0 Å². The highest BCUT2D eigenvalue weighted by molar-refractivity contribution is 5.84. The van der Waals surface area contributed by atoms with Gasteiger partial charge < -0.3 is 10.5 Å². The van der Waals surface area contributed by atoms with E-state index in [0.29, 0.717) is 24.3 Å². The van der Waals surface area contributed by atoms with Crippen molar-refractivity contribution in [2.75, 3.05) is 11.1 Å². The lowest BCUT2D eigenvalue weighted by molar-refractivity contribution is -0.288. The number of nitrogens with two attached hydrogens (primary N) is 1. The number of hydrogen-bond donors (Lipinski definition) is 2. The standard InChI is InChI=1S/C20H20F6N2O2/c1-17(2,3)30-16(29)28-15-10-6-13(7-11-15)18(19(21,22)23,20(24,25)26)12-4-8-14(27)9-5-12/h4-11H,27H2,1-3H3,(H,28,29). The zero-order chi connectivity index (χ0) is 23.0. The molecule has 0 radical (unpaired) electrons. The number of anilines is 2. The van der Waals surface area contributed by atoms with Gasteiger partial charge in [0, 0.05) is 11.4 Å². The fourth-order valence-corrected chi connectivity index (χ4v) is 2.94. The second kappa shape index (κ2) is 7.73. The number of alkyl halides is 6. The van der Waals surface area contributed by atoms with Crippen LogP contribution in [0.25, 0.3) is 0 Å². The van der Waals surface area contributed by atoms with Gasteiger partial charge in [-0.25, -0.2) is 4.79 Å². The van der Waals surface area contributed by atoms with Crippen LogP contribution in [-0.4, -0.2) is 24.0 Å². The highest BCUT2D eigenvalue weighted by Crippen LogP contribution is 2.56. The van der Waals surface area contributed by atoms with Crippen LogP contribution in [0.5, 0.6) is 0 Å². The Balaban J connectivity index is 2.55. The molecule has 2 aromatic rings. The molecule has 1 amide bonds. The number of rotatable bonds is 3. The lowest BCUT2D eigenvalue weighted by Gasteiger charge is -2.38. The number of carbonyl (C=O) groups is 1. The van der Waals surface area contributed by atoms with E-state index in [4.69, 9.17) is 10.5 Å². The number of halogens is 6. The number of carbonyl (C=O) groups excluding carboxylic acids is 1. The maximum atomic E-state index is 14.0. The van der Waals surface area contributed by atoms with Gasteiger partial charge in [-0.1, -0.05) is 24.3 Å². The van der Waals surface area contributed by atoms with Crippen molar-refractivity contribution in [3.05, 3.63) is 59.7 Å². The molecule has 2 aromatic carbocycles. The van der Waals surface area contributed by atoms with E-state index in [1.165, 1.54) is 0 Å². The number of nitrogen functional groups attached to an aromatic ring is 1. The van der Waals surface area contributed by atoms with Crippen molar-refractivity contribution in [3.8, 4) is 0 Å². The predicted molar refractivity (Wildman–Crippen MR) is 100 cm³/mol. The number of benzene rings is 2. The summed E-state index contributed by atoms with van der Waals surface area (Å²) < 4.78 is 89.0. The third kappa shape index (κ3) is 4.63. The lowest BCUT2D eigenvalue weighted by atomic mass is 9.73. The average molecular weight is 434 g/mol. The summed E-state index contributed by atoms with van der Waals surface area (Å²) in [7, 11) is 0. The molecule has 0 saturated heterocycles. The van der Waals surface area contributed by atoms with E-state index in [0.717, 1.165) is 24.3 Å². The number of nitrogens with one attached hydrogen (secondary N) is 1. The number of hydrogen-bond acceptors (Lipinski definition) is 3. The second-order valence-electron chi connectivity index (χ2n) is 7.57. The Bertz CT molecular complexity index is 868. The zero-order valence-corrected chi connectivity index (χ0v) is 16.3. The van der Waals surface area contributed by atoms with E-state index in [1.54, 1.807) is 20.8 Å². The van der Waals surface area contributed by atoms with E-state index in [1.807, 2.05) is 0 Å². The summed E-state index contributed by atoms with van der Waals surface area (Å²) in [5, 5.41) is 2.26. The van der Waals surface area contributed by atoms with Crippen LogP contribution in [0, 0.1) is 0 Å². The molecule has 0 aliphatic carbocycles. The van der Waals surface area contributed by atoms with Gasteiger partial charge in [-0.3, -0.25) is 5.32 Å². The van der Waals surface area contributed by atoms with Crippen LogP contribution in [0.15, 0.2) is 48.5 Å². The van der Waals surface area contributed by atoms with Gasteiger partial charge in [-0.15, -0.1) is 0 Å². The molecule has 0 unspecified atom stereocenters. The van der Waals surface area contributed by atoms with Gasteiger partial charge in [0.2, 0.25) is 5.41 Å². The summed E-state index contributed by atoms with van der Waals surface area (Å²) in [5.41, 5.74) is -1.77. The molecule has 3 N–H and O–H groups in total. The summed E-state index contributed by atoms with van der Waals surface area (Å²) in [5.74, 6) is 0. The first-order chi connectivity index (χ1) is 13.6. The van der Waals surface area contributed by atoms with Crippen molar-refractivity contribution < 1.29 is 35.9 Å². The minimum Gasteiger partial charge on any atom is -0.444 e.